The molecule has 21 heavy (non-hydrogen) atoms. The van der Waals surface area contributed by atoms with Gasteiger partial charge in [0.15, 0.2) is 0 Å². The van der Waals surface area contributed by atoms with Crippen LogP contribution in [-0.2, 0) is 14.8 Å². The lowest BCUT2D eigenvalue weighted by molar-refractivity contribution is -0.0573. The Morgan fingerprint density at radius 1 is 1.43 bits per heavy atom. The molecule has 0 bridgehead atoms. The van der Waals surface area contributed by atoms with E-state index in [0.29, 0.717) is 26.1 Å². The molecule has 0 unspecified atom stereocenters. The highest BCUT2D eigenvalue weighted by molar-refractivity contribution is 7.89. The largest absolute Gasteiger partial charge is 0.388 e. The SMILES string of the molecule is CN(CC1(O)CCOCC1)c1ccc(S(N)(=O)=O)cc1F. The van der Waals surface area contributed by atoms with Crippen LogP contribution in [0.15, 0.2) is 23.1 Å². The third-order valence-electron chi connectivity index (χ3n) is 3.61. The molecule has 0 saturated carbocycles. The van der Waals surface area contributed by atoms with Gasteiger partial charge in [-0.05, 0) is 18.2 Å². The minimum atomic E-state index is -3.93. The van der Waals surface area contributed by atoms with Crippen molar-refractivity contribution < 1.29 is 22.7 Å². The maximum Gasteiger partial charge on any atom is 0.238 e. The van der Waals surface area contributed by atoms with Crippen molar-refractivity contribution >= 4 is 15.7 Å². The van der Waals surface area contributed by atoms with E-state index in [4.69, 9.17) is 9.88 Å². The van der Waals surface area contributed by atoms with Gasteiger partial charge in [0.2, 0.25) is 10.0 Å². The summed E-state index contributed by atoms with van der Waals surface area (Å²) in [6, 6.07) is 3.48. The molecule has 1 heterocycles. The van der Waals surface area contributed by atoms with Gasteiger partial charge in [0, 0.05) is 39.6 Å². The topological polar surface area (TPSA) is 92.9 Å². The number of aliphatic hydroxyl groups is 1. The van der Waals surface area contributed by atoms with Crippen molar-refractivity contribution in [3.05, 3.63) is 24.0 Å². The fourth-order valence-electron chi connectivity index (χ4n) is 2.41. The van der Waals surface area contributed by atoms with Crippen LogP contribution in [0, 0.1) is 5.82 Å². The maximum atomic E-state index is 14.0. The van der Waals surface area contributed by atoms with Gasteiger partial charge in [-0.1, -0.05) is 0 Å². The van der Waals surface area contributed by atoms with Crippen LogP contribution in [-0.4, -0.2) is 45.9 Å². The summed E-state index contributed by atoms with van der Waals surface area (Å²) in [4.78, 5) is 1.29. The van der Waals surface area contributed by atoms with Gasteiger partial charge in [0.1, 0.15) is 5.82 Å². The smallest absolute Gasteiger partial charge is 0.238 e. The Balaban J connectivity index is 2.18. The zero-order valence-corrected chi connectivity index (χ0v) is 12.6. The van der Waals surface area contributed by atoms with E-state index in [1.165, 1.54) is 12.1 Å². The molecule has 2 rings (SSSR count). The number of hydrogen-bond acceptors (Lipinski definition) is 5. The summed E-state index contributed by atoms with van der Waals surface area (Å²) >= 11 is 0. The second kappa shape index (κ2) is 5.88. The second-order valence-corrected chi connectivity index (χ2v) is 6.91. The molecule has 1 aliphatic rings. The standard InChI is InChI=1S/C13H19FN2O4S/c1-16(9-13(17)4-6-20-7-5-13)12-3-2-10(8-11(12)14)21(15,18)19/h2-3,8,17H,4-7,9H2,1H3,(H2,15,18,19). The highest BCUT2D eigenvalue weighted by atomic mass is 32.2. The van der Waals surface area contributed by atoms with E-state index in [1.54, 1.807) is 11.9 Å². The van der Waals surface area contributed by atoms with E-state index in [2.05, 4.69) is 0 Å². The number of hydrogen-bond donors (Lipinski definition) is 2. The molecule has 3 N–H and O–H groups in total. The molecular weight excluding hydrogens is 299 g/mol. The van der Waals surface area contributed by atoms with Crippen LogP contribution in [0.1, 0.15) is 12.8 Å². The molecule has 6 nitrogen and oxygen atoms in total. The van der Waals surface area contributed by atoms with Crippen LogP contribution in [0.5, 0.6) is 0 Å². The zero-order valence-electron chi connectivity index (χ0n) is 11.8. The lowest BCUT2D eigenvalue weighted by Gasteiger charge is -2.36. The number of sulfonamides is 1. The highest BCUT2D eigenvalue weighted by Gasteiger charge is 2.31. The summed E-state index contributed by atoms with van der Waals surface area (Å²) < 4.78 is 41.6. The van der Waals surface area contributed by atoms with E-state index in [1.807, 2.05) is 0 Å². The fourth-order valence-corrected chi connectivity index (χ4v) is 2.94. The molecule has 1 aromatic rings. The Hall–Kier alpha value is -1.22. The van der Waals surface area contributed by atoms with Crippen LogP contribution in [0.25, 0.3) is 0 Å². The Bertz CT molecular complexity index is 615. The summed E-state index contributed by atoms with van der Waals surface area (Å²) in [5, 5.41) is 15.4. The first kappa shape index (κ1) is 16.2. The first-order valence-electron chi connectivity index (χ1n) is 6.55. The van der Waals surface area contributed by atoms with Gasteiger partial charge >= 0.3 is 0 Å². The quantitative estimate of drug-likeness (QED) is 0.841. The van der Waals surface area contributed by atoms with Gasteiger partial charge in [-0.3, -0.25) is 0 Å². The van der Waals surface area contributed by atoms with Crippen LogP contribution >= 0.6 is 0 Å². The van der Waals surface area contributed by atoms with E-state index >= 15 is 0 Å². The summed E-state index contributed by atoms with van der Waals surface area (Å²) in [6.07, 6.45) is 0.961. The van der Waals surface area contributed by atoms with Crippen LogP contribution < -0.4 is 10.0 Å². The number of likely N-dealkylation sites (N-methyl/N-ethyl adjacent to an activating group) is 1. The van der Waals surface area contributed by atoms with E-state index < -0.39 is 21.4 Å². The summed E-state index contributed by atoms with van der Waals surface area (Å²) in [5.41, 5.74) is -0.722. The summed E-state index contributed by atoms with van der Waals surface area (Å²) in [6.45, 7) is 1.18. The van der Waals surface area contributed by atoms with Crippen molar-refractivity contribution in [2.75, 3.05) is 31.7 Å². The van der Waals surface area contributed by atoms with Crippen molar-refractivity contribution in [2.24, 2.45) is 5.14 Å². The molecule has 1 aliphatic heterocycles. The average molecular weight is 318 g/mol. The van der Waals surface area contributed by atoms with Crippen molar-refractivity contribution in [2.45, 2.75) is 23.3 Å². The molecule has 0 aromatic heterocycles. The van der Waals surface area contributed by atoms with Crippen molar-refractivity contribution in [3.63, 3.8) is 0 Å². The fraction of sp³-hybridized carbons (Fsp3) is 0.538. The molecule has 8 heteroatoms. The lowest BCUT2D eigenvalue weighted by Crippen LogP contribution is -2.46. The molecule has 0 spiro atoms. The van der Waals surface area contributed by atoms with Crippen molar-refractivity contribution in [1.29, 1.82) is 0 Å². The number of halogens is 1. The third-order valence-corrected chi connectivity index (χ3v) is 4.52. The van der Waals surface area contributed by atoms with E-state index in [9.17, 15) is 17.9 Å². The first-order chi connectivity index (χ1) is 9.71. The van der Waals surface area contributed by atoms with Gasteiger partial charge in [0.05, 0.1) is 16.2 Å². The Kier molecular flexibility index (Phi) is 4.52. The predicted molar refractivity (Wildman–Crippen MR) is 76.0 cm³/mol. The molecule has 1 aromatic carbocycles. The van der Waals surface area contributed by atoms with Crippen LogP contribution in [0.2, 0.25) is 0 Å². The molecular formula is C13H19FN2O4S. The number of anilines is 1. The number of rotatable bonds is 4. The van der Waals surface area contributed by atoms with Gasteiger partial charge in [-0.15, -0.1) is 0 Å². The zero-order chi connectivity index (χ0) is 15.7. The van der Waals surface area contributed by atoms with E-state index in [-0.39, 0.29) is 17.1 Å². The number of nitrogens with two attached hydrogens (primary N) is 1. The summed E-state index contributed by atoms with van der Waals surface area (Å²) in [7, 11) is -2.29. The minimum absolute atomic E-state index is 0.210. The van der Waals surface area contributed by atoms with Gasteiger partial charge < -0.3 is 14.7 Å². The average Bonchev–Trinajstić information content (AvgIpc) is 2.37. The van der Waals surface area contributed by atoms with Crippen LogP contribution in [0.4, 0.5) is 10.1 Å². The highest BCUT2D eigenvalue weighted by Crippen LogP contribution is 2.26. The van der Waals surface area contributed by atoms with E-state index in [0.717, 1.165) is 6.07 Å². The van der Waals surface area contributed by atoms with Gasteiger partial charge in [-0.25, -0.2) is 17.9 Å². The molecule has 118 valence electrons. The lowest BCUT2D eigenvalue weighted by atomic mass is 9.94. The molecule has 0 atom stereocenters. The Morgan fingerprint density at radius 2 is 2.05 bits per heavy atom. The van der Waals surface area contributed by atoms with Crippen molar-refractivity contribution in [1.82, 2.24) is 0 Å². The minimum Gasteiger partial charge on any atom is -0.388 e. The Morgan fingerprint density at radius 3 is 2.57 bits per heavy atom. The molecule has 0 amide bonds. The molecule has 0 radical (unpaired) electrons. The molecule has 0 aliphatic carbocycles. The molecule has 1 fully saturated rings. The number of nitrogens with zero attached hydrogens (tertiary/aromatic N) is 1. The van der Waals surface area contributed by atoms with Gasteiger partial charge in [-0.2, -0.15) is 0 Å². The number of benzene rings is 1. The third kappa shape index (κ3) is 3.91. The Labute approximate surface area is 123 Å². The van der Waals surface area contributed by atoms with Gasteiger partial charge in [0.25, 0.3) is 0 Å². The normalized spacial score (nSPS) is 18.5. The number of ether oxygens (including phenoxy) is 1. The first-order valence-corrected chi connectivity index (χ1v) is 8.10. The van der Waals surface area contributed by atoms with Crippen molar-refractivity contribution in [3.8, 4) is 0 Å². The predicted octanol–water partition coefficient (Wildman–Crippen LogP) is 0.451. The maximum absolute atomic E-state index is 14.0. The summed E-state index contributed by atoms with van der Waals surface area (Å²) in [5.74, 6) is -0.695. The molecule has 1 saturated heterocycles. The second-order valence-electron chi connectivity index (χ2n) is 5.35. The monoisotopic (exact) mass is 318 g/mol. The number of primary sulfonamides is 1. The van der Waals surface area contributed by atoms with Crippen LogP contribution in [0.3, 0.4) is 0 Å².